The van der Waals surface area contributed by atoms with Crippen LogP contribution in [-0.4, -0.2) is 31.6 Å². The van der Waals surface area contributed by atoms with E-state index in [1.165, 1.54) is 0 Å². The van der Waals surface area contributed by atoms with Crippen LogP contribution in [-0.2, 0) is 17.9 Å². The van der Waals surface area contributed by atoms with Gasteiger partial charge in [0.2, 0.25) is 11.8 Å². The summed E-state index contributed by atoms with van der Waals surface area (Å²) in [5, 5.41) is 6.64. The van der Waals surface area contributed by atoms with Crippen molar-refractivity contribution in [3.05, 3.63) is 42.3 Å². The molecule has 0 unspecified atom stereocenters. The van der Waals surface area contributed by atoms with Gasteiger partial charge in [-0.3, -0.25) is 4.79 Å². The van der Waals surface area contributed by atoms with Crippen LogP contribution in [0.4, 0.5) is 0 Å². The smallest absolute Gasteiger partial charge is 0.246 e. The van der Waals surface area contributed by atoms with Crippen molar-refractivity contribution in [3.63, 3.8) is 0 Å². The minimum absolute atomic E-state index is 0.0674. The van der Waals surface area contributed by atoms with Gasteiger partial charge in [-0.25, -0.2) is 4.98 Å². The monoisotopic (exact) mass is 328 g/mol. The fourth-order valence-corrected chi connectivity index (χ4v) is 2.30. The Balaban J connectivity index is 1.63. The fraction of sp³-hybridized carbons (Fsp3) is 0.375. The SMILES string of the molecule is CC(C)[C@H](N)C(=O)NCc1nc(Cn2cnc3ccccc32)no1. The maximum Gasteiger partial charge on any atom is 0.246 e. The lowest BCUT2D eigenvalue weighted by Crippen LogP contribution is -2.43. The molecule has 8 heteroatoms. The van der Waals surface area contributed by atoms with Gasteiger partial charge in [-0.05, 0) is 18.1 Å². The van der Waals surface area contributed by atoms with Crippen molar-refractivity contribution in [1.82, 2.24) is 25.0 Å². The zero-order valence-electron chi connectivity index (χ0n) is 13.6. The first-order valence-electron chi connectivity index (χ1n) is 7.79. The van der Waals surface area contributed by atoms with Gasteiger partial charge in [0.15, 0.2) is 5.82 Å². The van der Waals surface area contributed by atoms with E-state index in [4.69, 9.17) is 10.3 Å². The summed E-state index contributed by atoms with van der Waals surface area (Å²) in [6.45, 7) is 4.40. The highest BCUT2D eigenvalue weighted by molar-refractivity contribution is 5.81. The fourth-order valence-electron chi connectivity index (χ4n) is 2.30. The van der Waals surface area contributed by atoms with Crippen molar-refractivity contribution < 1.29 is 9.32 Å². The Morgan fingerprint density at radius 1 is 1.38 bits per heavy atom. The zero-order chi connectivity index (χ0) is 17.1. The van der Waals surface area contributed by atoms with E-state index in [0.29, 0.717) is 18.3 Å². The van der Waals surface area contributed by atoms with Crippen molar-refractivity contribution in [3.8, 4) is 0 Å². The molecule has 0 aliphatic heterocycles. The Morgan fingerprint density at radius 3 is 2.96 bits per heavy atom. The molecule has 0 bridgehead atoms. The minimum atomic E-state index is -0.551. The van der Waals surface area contributed by atoms with E-state index in [2.05, 4.69) is 20.4 Å². The maximum absolute atomic E-state index is 11.8. The van der Waals surface area contributed by atoms with Crippen LogP contribution in [0.3, 0.4) is 0 Å². The topological polar surface area (TPSA) is 112 Å². The molecule has 0 spiro atoms. The average Bonchev–Trinajstić information content (AvgIpc) is 3.19. The number of para-hydroxylation sites is 2. The molecular formula is C16H20N6O2. The third kappa shape index (κ3) is 3.43. The second kappa shape index (κ2) is 6.79. The molecule has 0 aliphatic carbocycles. The van der Waals surface area contributed by atoms with E-state index in [1.54, 1.807) is 6.33 Å². The Labute approximate surface area is 139 Å². The van der Waals surface area contributed by atoms with Crippen LogP contribution in [0.25, 0.3) is 11.0 Å². The molecule has 0 saturated heterocycles. The van der Waals surface area contributed by atoms with Crippen molar-refractivity contribution in [2.45, 2.75) is 33.0 Å². The molecule has 2 heterocycles. The third-order valence-electron chi connectivity index (χ3n) is 3.78. The van der Waals surface area contributed by atoms with Crippen LogP contribution in [0.5, 0.6) is 0 Å². The van der Waals surface area contributed by atoms with E-state index >= 15 is 0 Å². The molecule has 0 fully saturated rings. The summed E-state index contributed by atoms with van der Waals surface area (Å²) >= 11 is 0. The average molecular weight is 328 g/mol. The number of amides is 1. The first-order valence-corrected chi connectivity index (χ1v) is 7.79. The van der Waals surface area contributed by atoms with Crippen LogP contribution in [0, 0.1) is 5.92 Å². The van der Waals surface area contributed by atoms with Crippen molar-refractivity contribution >= 4 is 16.9 Å². The molecule has 1 atom stereocenters. The molecular weight excluding hydrogens is 308 g/mol. The van der Waals surface area contributed by atoms with Crippen molar-refractivity contribution in [2.75, 3.05) is 0 Å². The van der Waals surface area contributed by atoms with Gasteiger partial charge in [-0.15, -0.1) is 0 Å². The predicted molar refractivity (Wildman–Crippen MR) is 87.8 cm³/mol. The van der Waals surface area contributed by atoms with Gasteiger partial charge < -0.3 is 20.1 Å². The lowest BCUT2D eigenvalue weighted by atomic mass is 10.1. The molecule has 0 saturated carbocycles. The standard InChI is InChI=1S/C16H20N6O2/c1-10(2)15(17)16(23)18-7-14-20-13(21-24-14)8-22-9-19-11-5-3-4-6-12(11)22/h3-6,9-10,15H,7-8,17H2,1-2H3,(H,18,23)/t15-/m0/s1. The Hall–Kier alpha value is -2.74. The number of nitrogens with two attached hydrogens (primary N) is 1. The van der Waals surface area contributed by atoms with Gasteiger partial charge >= 0.3 is 0 Å². The zero-order valence-corrected chi connectivity index (χ0v) is 13.6. The second-order valence-electron chi connectivity index (χ2n) is 5.95. The number of carbonyl (C=O) groups excluding carboxylic acids is 1. The van der Waals surface area contributed by atoms with E-state index in [-0.39, 0.29) is 18.4 Å². The second-order valence-corrected chi connectivity index (χ2v) is 5.95. The lowest BCUT2D eigenvalue weighted by Gasteiger charge is -2.14. The first-order chi connectivity index (χ1) is 11.5. The summed E-state index contributed by atoms with van der Waals surface area (Å²) < 4.78 is 7.11. The number of carbonyl (C=O) groups is 1. The normalized spacial score (nSPS) is 12.7. The van der Waals surface area contributed by atoms with Crippen LogP contribution >= 0.6 is 0 Å². The van der Waals surface area contributed by atoms with Crippen LogP contribution in [0.1, 0.15) is 25.6 Å². The van der Waals surface area contributed by atoms with Crippen LogP contribution in [0.2, 0.25) is 0 Å². The number of hydrogen-bond donors (Lipinski definition) is 2. The van der Waals surface area contributed by atoms with Crippen molar-refractivity contribution in [1.29, 1.82) is 0 Å². The van der Waals surface area contributed by atoms with E-state index in [1.807, 2.05) is 42.7 Å². The Bertz CT molecular complexity index is 838. The lowest BCUT2D eigenvalue weighted by molar-refractivity contribution is -0.123. The highest BCUT2D eigenvalue weighted by Gasteiger charge is 2.18. The van der Waals surface area contributed by atoms with Crippen LogP contribution < -0.4 is 11.1 Å². The van der Waals surface area contributed by atoms with Gasteiger partial charge in [-0.2, -0.15) is 4.98 Å². The molecule has 2 aromatic heterocycles. The van der Waals surface area contributed by atoms with Gasteiger partial charge in [0.05, 0.1) is 36.5 Å². The van der Waals surface area contributed by atoms with E-state index in [9.17, 15) is 4.79 Å². The number of aromatic nitrogens is 4. The van der Waals surface area contributed by atoms with Gasteiger partial charge in [-0.1, -0.05) is 31.1 Å². The van der Waals surface area contributed by atoms with Gasteiger partial charge in [0, 0.05) is 0 Å². The number of benzene rings is 1. The summed E-state index contributed by atoms with van der Waals surface area (Å²) in [7, 11) is 0. The number of imidazole rings is 1. The Kier molecular flexibility index (Phi) is 4.57. The summed E-state index contributed by atoms with van der Waals surface area (Å²) in [6.07, 6.45) is 1.74. The summed E-state index contributed by atoms with van der Waals surface area (Å²) in [6, 6.07) is 7.27. The number of nitrogens with one attached hydrogen (secondary N) is 1. The largest absolute Gasteiger partial charge is 0.346 e. The minimum Gasteiger partial charge on any atom is -0.346 e. The third-order valence-corrected chi connectivity index (χ3v) is 3.78. The molecule has 3 aromatic rings. The molecule has 8 nitrogen and oxygen atoms in total. The van der Waals surface area contributed by atoms with Crippen molar-refractivity contribution in [2.24, 2.45) is 11.7 Å². The molecule has 1 amide bonds. The number of hydrogen-bond acceptors (Lipinski definition) is 6. The summed E-state index contributed by atoms with van der Waals surface area (Å²) in [5.74, 6) is 0.706. The number of fused-ring (bicyclic) bond motifs is 1. The summed E-state index contributed by atoms with van der Waals surface area (Å²) in [5.41, 5.74) is 7.70. The number of rotatable bonds is 6. The quantitative estimate of drug-likeness (QED) is 0.700. The van der Waals surface area contributed by atoms with E-state index in [0.717, 1.165) is 11.0 Å². The predicted octanol–water partition coefficient (Wildman–Crippen LogP) is 1.07. The van der Waals surface area contributed by atoms with Crippen LogP contribution in [0.15, 0.2) is 35.1 Å². The van der Waals surface area contributed by atoms with E-state index < -0.39 is 6.04 Å². The molecule has 24 heavy (non-hydrogen) atoms. The maximum atomic E-state index is 11.8. The molecule has 3 rings (SSSR count). The Morgan fingerprint density at radius 2 is 2.17 bits per heavy atom. The first kappa shape index (κ1) is 16.1. The molecule has 1 aromatic carbocycles. The highest BCUT2D eigenvalue weighted by Crippen LogP contribution is 2.13. The molecule has 0 aliphatic rings. The van der Waals surface area contributed by atoms with Gasteiger partial charge in [0.1, 0.15) is 0 Å². The van der Waals surface area contributed by atoms with Gasteiger partial charge in [0.25, 0.3) is 0 Å². The molecule has 0 radical (unpaired) electrons. The number of nitrogens with zero attached hydrogens (tertiary/aromatic N) is 4. The molecule has 3 N–H and O–H groups in total. The summed E-state index contributed by atoms with van der Waals surface area (Å²) in [4.78, 5) is 20.4. The highest BCUT2D eigenvalue weighted by atomic mass is 16.5. The molecule has 126 valence electrons.